The summed E-state index contributed by atoms with van der Waals surface area (Å²) in [4.78, 5) is 21.0. The van der Waals surface area contributed by atoms with Crippen LogP contribution in [0.15, 0.2) is 4.99 Å². The Hall–Kier alpha value is -1.10. The second-order valence-electron chi connectivity index (χ2n) is 7.05. The molecule has 2 heterocycles. The van der Waals surface area contributed by atoms with Gasteiger partial charge in [0.2, 0.25) is 0 Å². The minimum atomic E-state index is -0.139. The number of hydrogen-bond donors (Lipinski definition) is 0. The molecule has 1 atom stereocenters. The van der Waals surface area contributed by atoms with Crippen molar-refractivity contribution in [2.45, 2.75) is 64.8 Å². The van der Waals surface area contributed by atoms with Crippen LogP contribution < -0.4 is 0 Å². The SMILES string of the molecule is CCC/C(=N\C)C1CCN([C@H]2CCCN(C(=O)OCC)CC2)CC1. The molecule has 138 valence electrons. The largest absolute Gasteiger partial charge is 0.450 e. The molecule has 0 aromatic carbocycles. The first-order valence-corrected chi connectivity index (χ1v) is 9.80. The third-order valence-corrected chi connectivity index (χ3v) is 5.53. The Morgan fingerprint density at radius 1 is 1.08 bits per heavy atom. The van der Waals surface area contributed by atoms with Crippen LogP contribution in [0, 0.1) is 5.92 Å². The summed E-state index contributed by atoms with van der Waals surface area (Å²) in [6, 6.07) is 0.624. The van der Waals surface area contributed by atoms with Gasteiger partial charge in [-0.3, -0.25) is 4.99 Å². The fourth-order valence-electron chi connectivity index (χ4n) is 4.19. The molecule has 0 bridgehead atoms. The molecule has 24 heavy (non-hydrogen) atoms. The third kappa shape index (κ3) is 5.20. The zero-order valence-electron chi connectivity index (χ0n) is 15.8. The van der Waals surface area contributed by atoms with Crippen LogP contribution in [-0.4, -0.2) is 67.5 Å². The van der Waals surface area contributed by atoms with Crippen molar-refractivity contribution in [2.24, 2.45) is 10.9 Å². The summed E-state index contributed by atoms with van der Waals surface area (Å²) in [5, 5.41) is 0. The lowest BCUT2D eigenvalue weighted by atomic mass is 9.88. The maximum absolute atomic E-state index is 11.9. The van der Waals surface area contributed by atoms with Crippen molar-refractivity contribution < 1.29 is 9.53 Å². The number of hydrogen-bond acceptors (Lipinski definition) is 4. The van der Waals surface area contributed by atoms with Crippen LogP contribution in [0.25, 0.3) is 0 Å². The minimum Gasteiger partial charge on any atom is -0.450 e. The van der Waals surface area contributed by atoms with E-state index in [0.29, 0.717) is 18.6 Å². The van der Waals surface area contributed by atoms with Gasteiger partial charge in [-0.1, -0.05) is 13.3 Å². The Balaban J connectivity index is 1.81. The maximum atomic E-state index is 11.9. The molecule has 2 aliphatic rings. The molecule has 2 fully saturated rings. The van der Waals surface area contributed by atoms with Gasteiger partial charge in [0.25, 0.3) is 0 Å². The van der Waals surface area contributed by atoms with Crippen molar-refractivity contribution in [3.63, 3.8) is 0 Å². The summed E-state index contributed by atoms with van der Waals surface area (Å²) in [6.45, 7) is 8.60. The molecule has 5 heteroatoms. The number of ether oxygens (including phenoxy) is 1. The number of likely N-dealkylation sites (tertiary alicyclic amines) is 2. The fraction of sp³-hybridized carbons (Fsp3) is 0.895. The van der Waals surface area contributed by atoms with Crippen LogP contribution in [0.5, 0.6) is 0 Å². The van der Waals surface area contributed by atoms with E-state index < -0.39 is 0 Å². The Bertz CT molecular complexity index is 417. The van der Waals surface area contributed by atoms with Gasteiger partial charge >= 0.3 is 6.09 Å². The van der Waals surface area contributed by atoms with E-state index in [-0.39, 0.29) is 6.09 Å². The summed E-state index contributed by atoms with van der Waals surface area (Å²) < 4.78 is 5.15. The van der Waals surface area contributed by atoms with Crippen LogP contribution in [-0.2, 0) is 4.74 Å². The van der Waals surface area contributed by atoms with Crippen molar-refractivity contribution in [3.8, 4) is 0 Å². The van der Waals surface area contributed by atoms with Gasteiger partial charge in [-0.05, 0) is 64.5 Å². The van der Waals surface area contributed by atoms with Crippen molar-refractivity contribution in [3.05, 3.63) is 0 Å². The van der Waals surface area contributed by atoms with Crippen LogP contribution in [0.1, 0.15) is 58.8 Å². The highest BCUT2D eigenvalue weighted by molar-refractivity contribution is 5.86. The van der Waals surface area contributed by atoms with E-state index in [0.717, 1.165) is 32.4 Å². The van der Waals surface area contributed by atoms with Gasteiger partial charge in [-0.2, -0.15) is 0 Å². The number of carbonyl (C=O) groups excluding carboxylic acids is 1. The second-order valence-corrected chi connectivity index (χ2v) is 7.05. The summed E-state index contributed by atoms with van der Waals surface area (Å²) in [5.74, 6) is 0.688. The molecule has 0 aliphatic carbocycles. The second kappa shape index (κ2) is 10.0. The third-order valence-electron chi connectivity index (χ3n) is 5.53. The predicted molar refractivity (Wildman–Crippen MR) is 98.8 cm³/mol. The van der Waals surface area contributed by atoms with Crippen molar-refractivity contribution >= 4 is 11.8 Å². The first-order valence-electron chi connectivity index (χ1n) is 9.80. The Morgan fingerprint density at radius 3 is 2.46 bits per heavy atom. The summed E-state index contributed by atoms with van der Waals surface area (Å²) in [6.07, 6.45) is 8.05. The van der Waals surface area contributed by atoms with Gasteiger partial charge < -0.3 is 14.5 Å². The topological polar surface area (TPSA) is 45.1 Å². The number of carbonyl (C=O) groups is 1. The lowest BCUT2D eigenvalue weighted by molar-refractivity contribution is 0.105. The van der Waals surface area contributed by atoms with E-state index in [1.807, 2.05) is 18.9 Å². The smallest absolute Gasteiger partial charge is 0.409 e. The zero-order chi connectivity index (χ0) is 17.4. The average molecular weight is 338 g/mol. The summed E-state index contributed by atoms with van der Waals surface area (Å²) >= 11 is 0. The summed E-state index contributed by atoms with van der Waals surface area (Å²) in [5.41, 5.74) is 1.42. The quantitative estimate of drug-likeness (QED) is 0.720. The highest BCUT2D eigenvalue weighted by Crippen LogP contribution is 2.26. The first-order chi connectivity index (χ1) is 11.7. The van der Waals surface area contributed by atoms with E-state index >= 15 is 0 Å². The molecular weight excluding hydrogens is 302 g/mol. The van der Waals surface area contributed by atoms with Gasteiger partial charge in [-0.15, -0.1) is 0 Å². The van der Waals surface area contributed by atoms with Crippen molar-refractivity contribution in [2.75, 3.05) is 39.8 Å². The lowest BCUT2D eigenvalue weighted by Crippen LogP contribution is -2.43. The molecule has 2 saturated heterocycles. The standard InChI is InChI=1S/C19H35N3O2/c1-4-7-18(20-3)16-9-13-21(14-10-16)17-8-6-12-22(15-11-17)19(23)24-5-2/h16-17H,4-15H2,1-3H3/b20-18+/t17-/m0/s1. The molecule has 0 radical (unpaired) electrons. The molecule has 1 amide bonds. The number of rotatable bonds is 5. The van der Waals surface area contributed by atoms with E-state index in [4.69, 9.17) is 4.74 Å². The normalized spacial score (nSPS) is 24.7. The van der Waals surface area contributed by atoms with Gasteiger partial charge in [0.05, 0.1) is 6.61 Å². The van der Waals surface area contributed by atoms with E-state index in [9.17, 15) is 4.79 Å². The first kappa shape index (κ1) is 19.2. The number of piperidine rings is 1. The van der Waals surface area contributed by atoms with Crippen molar-refractivity contribution in [1.82, 2.24) is 9.80 Å². The molecule has 0 unspecified atom stereocenters. The molecule has 2 rings (SSSR count). The van der Waals surface area contributed by atoms with E-state index in [1.54, 1.807) is 0 Å². The highest BCUT2D eigenvalue weighted by Gasteiger charge is 2.29. The Labute approximate surface area is 147 Å². The Morgan fingerprint density at radius 2 is 1.83 bits per heavy atom. The molecule has 0 N–H and O–H groups in total. The van der Waals surface area contributed by atoms with Gasteiger partial charge in [0.15, 0.2) is 0 Å². The molecule has 5 nitrogen and oxygen atoms in total. The monoisotopic (exact) mass is 337 g/mol. The van der Waals surface area contributed by atoms with Gasteiger partial charge in [0.1, 0.15) is 0 Å². The zero-order valence-corrected chi connectivity index (χ0v) is 15.8. The highest BCUT2D eigenvalue weighted by atomic mass is 16.6. The predicted octanol–water partition coefficient (Wildman–Crippen LogP) is 3.58. The number of amides is 1. The molecule has 2 aliphatic heterocycles. The van der Waals surface area contributed by atoms with Crippen LogP contribution >= 0.6 is 0 Å². The minimum absolute atomic E-state index is 0.139. The lowest BCUT2D eigenvalue weighted by Gasteiger charge is -2.37. The van der Waals surface area contributed by atoms with Crippen LogP contribution in [0.3, 0.4) is 0 Å². The van der Waals surface area contributed by atoms with Gasteiger partial charge in [-0.25, -0.2) is 4.79 Å². The number of aliphatic imine (C=N–C) groups is 1. The Kier molecular flexibility index (Phi) is 8.03. The molecule has 0 aromatic rings. The molecule has 0 saturated carbocycles. The van der Waals surface area contributed by atoms with Gasteiger partial charge in [0, 0.05) is 31.9 Å². The van der Waals surface area contributed by atoms with E-state index in [2.05, 4.69) is 16.8 Å². The van der Waals surface area contributed by atoms with Crippen LogP contribution in [0.4, 0.5) is 4.79 Å². The fourth-order valence-corrected chi connectivity index (χ4v) is 4.19. The molecule has 0 aromatic heterocycles. The molecule has 0 spiro atoms. The van der Waals surface area contributed by atoms with Crippen molar-refractivity contribution in [1.29, 1.82) is 0 Å². The van der Waals surface area contributed by atoms with E-state index in [1.165, 1.54) is 44.5 Å². The average Bonchev–Trinajstić information content (AvgIpc) is 2.86. The molecular formula is C19H35N3O2. The number of nitrogens with zero attached hydrogens (tertiary/aromatic N) is 3. The van der Waals surface area contributed by atoms with Crippen LogP contribution in [0.2, 0.25) is 0 Å². The summed E-state index contributed by atoms with van der Waals surface area (Å²) in [7, 11) is 1.95. The maximum Gasteiger partial charge on any atom is 0.409 e.